The van der Waals surface area contributed by atoms with Gasteiger partial charge in [0.2, 0.25) is 11.8 Å². The summed E-state index contributed by atoms with van der Waals surface area (Å²) in [5.41, 5.74) is 0.902. The average molecular weight is 290 g/mol. The Morgan fingerprint density at radius 3 is 2.29 bits per heavy atom. The zero-order chi connectivity index (χ0) is 15.9. The molecule has 0 aliphatic rings. The van der Waals surface area contributed by atoms with Crippen LogP contribution in [-0.4, -0.2) is 23.4 Å². The molecule has 0 spiro atoms. The van der Waals surface area contributed by atoms with Crippen LogP contribution in [0.15, 0.2) is 30.3 Å². The Kier molecular flexibility index (Phi) is 6.40. The molecule has 21 heavy (non-hydrogen) atoms. The van der Waals surface area contributed by atoms with Crippen molar-refractivity contribution >= 4 is 11.8 Å². The van der Waals surface area contributed by atoms with Gasteiger partial charge in [0.25, 0.3) is 0 Å². The molecule has 4 nitrogen and oxygen atoms in total. The SMILES string of the molecule is CC(CC(=O)NC(C)(C)C)NC(=O)CCc1ccccc1. The fourth-order valence-corrected chi connectivity index (χ4v) is 2.05. The summed E-state index contributed by atoms with van der Waals surface area (Å²) in [6.45, 7) is 7.67. The minimum atomic E-state index is -0.242. The van der Waals surface area contributed by atoms with Crippen molar-refractivity contribution in [3.05, 3.63) is 35.9 Å². The minimum Gasteiger partial charge on any atom is -0.353 e. The molecule has 0 radical (unpaired) electrons. The van der Waals surface area contributed by atoms with Gasteiger partial charge in [0.15, 0.2) is 0 Å². The number of carbonyl (C=O) groups is 2. The molecule has 0 heterocycles. The van der Waals surface area contributed by atoms with Gasteiger partial charge >= 0.3 is 0 Å². The highest BCUT2D eigenvalue weighted by molar-refractivity contribution is 5.80. The van der Waals surface area contributed by atoms with E-state index in [9.17, 15) is 9.59 Å². The Morgan fingerprint density at radius 2 is 1.71 bits per heavy atom. The summed E-state index contributed by atoms with van der Waals surface area (Å²) in [6, 6.07) is 9.75. The second-order valence-electron chi connectivity index (χ2n) is 6.46. The van der Waals surface area contributed by atoms with Crippen molar-refractivity contribution in [2.75, 3.05) is 0 Å². The van der Waals surface area contributed by atoms with Gasteiger partial charge < -0.3 is 10.6 Å². The first kappa shape index (κ1) is 17.2. The summed E-state index contributed by atoms with van der Waals surface area (Å²) < 4.78 is 0. The lowest BCUT2D eigenvalue weighted by Crippen LogP contribution is -2.44. The van der Waals surface area contributed by atoms with Crippen molar-refractivity contribution in [3.63, 3.8) is 0 Å². The largest absolute Gasteiger partial charge is 0.353 e. The quantitative estimate of drug-likeness (QED) is 0.845. The van der Waals surface area contributed by atoms with Crippen LogP contribution < -0.4 is 10.6 Å². The fourth-order valence-electron chi connectivity index (χ4n) is 2.05. The second-order valence-corrected chi connectivity index (χ2v) is 6.46. The summed E-state index contributed by atoms with van der Waals surface area (Å²) in [5, 5.41) is 5.76. The molecule has 2 amide bonds. The third-order valence-electron chi connectivity index (χ3n) is 2.90. The van der Waals surface area contributed by atoms with Crippen LogP contribution in [0, 0.1) is 0 Å². The summed E-state index contributed by atoms with van der Waals surface area (Å²) in [6.07, 6.45) is 1.46. The standard InChI is InChI=1S/C17H26N2O2/c1-13(12-16(21)19-17(2,3)4)18-15(20)11-10-14-8-6-5-7-9-14/h5-9,13H,10-12H2,1-4H3,(H,18,20)(H,19,21). The number of benzene rings is 1. The van der Waals surface area contributed by atoms with Gasteiger partial charge in [-0.3, -0.25) is 9.59 Å². The molecule has 1 rings (SSSR count). The Bertz CT molecular complexity index is 463. The van der Waals surface area contributed by atoms with Crippen LogP contribution in [0.4, 0.5) is 0 Å². The fraction of sp³-hybridized carbons (Fsp3) is 0.529. The van der Waals surface area contributed by atoms with E-state index in [2.05, 4.69) is 10.6 Å². The van der Waals surface area contributed by atoms with E-state index in [0.717, 1.165) is 5.56 Å². The smallest absolute Gasteiger partial charge is 0.222 e. The minimum absolute atomic E-state index is 0.0186. The monoisotopic (exact) mass is 290 g/mol. The number of rotatable bonds is 6. The lowest BCUT2D eigenvalue weighted by Gasteiger charge is -2.22. The third kappa shape index (κ3) is 8.12. The first-order chi connectivity index (χ1) is 9.76. The van der Waals surface area contributed by atoms with Gasteiger partial charge in [0, 0.05) is 24.4 Å². The highest BCUT2D eigenvalue weighted by atomic mass is 16.2. The van der Waals surface area contributed by atoms with E-state index in [1.54, 1.807) is 0 Å². The number of aryl methyl sites for hydroxylation is 1. The van der Waals surface area contributed by atoms with Crippen molar-refractivity contribution in [1.82, 2.24) is 10.6 Å². The lowest BCUT2D eigenvalue weighted by atomic mass is 10.1. The van der Waals surface area contributed by atoms with Gasteiger partial charge in [-0.15, -0.1) is 0 Å². The van der Waals surface area contributed by atoms with E-state index in [1.165, 1.54) is 0 Å². The molecule has 1 unspecified atom stereocenters. The Labute approximate surface area is 127 Å². The molecule has 4 heteroatoms. The maximum absolute atomic E-state index is 11.9. The van der Waals surface area contributed by atoms with Gasteiger partial charge in [0.1, 0.15) is 0 Å². The van der Waals surface area contributed by atoms with Gasteiger partial charge in [0.05, 0.1) is 0 Å². The molecule has 0 aromatic heterocycles. The Morgan fingerprint density at radius 1 is 1.10 bits per heavy atom. The molecular weight excluding hydrogens is 264 g/mol. The Hall–Kier alpha value is -1.84. The lowest BCUT2D eigenvalue weighted by molar-refractivity contribution is -0.124. The zero-order valence-electron chi connectivity index (χ0n) is 13.4. The van der Waals surface area contributed by atoms with Crippen molar-refractivity contribution in [3.8, 4) is 0 Å². The van der Waals surface area contributed by atoms with Crippen molar-refractivity contribution in [2.45, 2.75) is 58.5 Å². The topological polar surface area (TPSA) is 58.2 Å². The Balaban J connectivity index is 2.29. The van der Waals surface area contributed by atoms with E-state index in [-0.39, 0.29) is 23.4 Å². The second kappa shape index (κ2) is 7.81. The van der Waals surface area contributed by atoms with Gasteiger partial charge in [-0.2, -0.15) is 0 Å². The summed E-state index contributed by atoms with van der Waals surface area (Å²) in [5.74, 6) is -0.0618. The first-order valence-electron chi connectivity index (χ1n) is 7.40. The maximum Gasteiger partial charge on any atom is 0.222 e. The van der Waals surface area contributed by atoms with Crippen molar-refractivity contribution in [1.29, 1.82) is 0 Å². The van der Waals surface area contributed by atoms with Crippen molar-refractivity contribution < 1.29 is 9.59 Å². The molecule has 1 aromatic rings. The summed E-state index contributed by atoms with van der Waals surface area (Å²) >= 11 is 0. The molecule has 1 aromatic carbocycles. The van der Waals surface area contributed by atoms with Crippen LogP contribution in [0.3, 0.4) is 0 Å². The highest BCUT2D eigenvalue weighted by Gasteiger charge is 2.17. The number of nitrogens with one attached hydrogen (secondary N) is 2. The molecule has 0 bridgehead atoms. The number of amides is 2. The van der Waals surface area contributed by atoms with Gasteiger partial charge in [-0.05, 0) is 39.7 Å². The highest BCUT2D eigenvalue weighted by Crippen LogP contribution is 2.04. The molecule has 2 N–H and O–H groups in total. The van der Waals surface area contributed by atoms with Crippen LogP contribution in [-0.2, 0) is 16.0 Å². The first-order valence-corrected chi connectivity index (χ1v) is 7.40. The van der Waals surface area contributed by atoms with Crippen LogP contribution in [0.25, 0.3) is 0 Å². The van der Waals surface area contributed by atoms with E-state index >= 15 is 0 Å². The van der Waals surface area contributed by atoms with Crippen LogP contribution >= 0.6 is 0 Å². The molecule has 116 valence electrons. The summed E-state index contributed by atoms with van der Waals surface area (Å²) in [4.78, 5) is 23.6. The van der Waals surface area contributed by atoms with Gasteiger partial charge in [-0.25, -0.2) is 0 Å². The normalized spacial score (nSPS) is 12.6. The van der Waals surface area contributed by atoms with Crippen molar-refractivity contribution in [2.24, 2.45) is 0 Å². The molecule has 0 aliphatic carbocycles. The number of hydrogen-bond acceptors (Lipinski definition) is 2. The molecule has 1 atom stereocenters. The summed E-state index contributed by atoms with van der Waals surface area (Å²) in [7, 11) is 0. The predicted octanol–water partition coefficient (Wildman–Crippen LogP) is 2.43. The molecular formula is C17H26N2O2. The molecule has 0 fully saturated rings. The van der Waals surface area contributed by atoms with Crippen LogP contribution in [0.5, 0.6) is 0 Å². The van der Waals surface area contributed by atoms with Gasteiger partial charge in [-0.1, -0.05) is 30.3 Å². The van der Waals surface area contributed by atoms with E-state index in [1.807, 2.05) is 58.0 Å². The average Bonchev–Trinajstić information content (AvgIpc) is 2.35. The number of hydrogen-bond donors (Lipinski definition) is 2. The molecule has 0 saturated heterocycles. The maximum atomic E-state index is 11.9. The molecule has 0 saturated carbocycles. The van der Waals surface area contributed by atoms with E-state index in [0.29, 0.717) is 19.3 Å². The molecule has 0 aliphatic heterocycles. The van der Waals surface area contributed by atoms with E-state index < -0.39 is 0 Å². The predicted molar refractivity (Wildman–Crippen MR) is 84.9 cm³/mol. The van der Waals surface area contributed by atoms with Crippen LogP contribution in [0.2, 0.25) is 0 Å². The third-order valence-corrected chi connectivity index (χ3v) is 2.90. The number of carbonyl (C=O) groups excluding carboxylic acids is 2. The van der Waals surface area contributed by atoms with E-state index in [4.69, 9.17) is 0 Å². The van der Waals surface area contributed by atoms with Crippen LogP contribution in [0.1, 0.15) is 46.1 Å². The zero-order valence-corrected chi connectivity index (χ0v) is 13.4.